The lowest BCUT2D eigenvalue weighted by atomic mass is 10.2. The Kier molecular flexibility index (Phi) is 4.56. The molecule has 0 spiro atoms. The average Bonchev–Trinajstić information content (AvgIpc) is 2.36. The number of benzene rings is 1. The summed E-state index contributed by atoms with van der Waals surface area (Å²) in [5.41, 5.74) is -0.167. The fourth-order valence-electron chi connectivity index (χ4n) is 1.12. The molecule has 1 N–H and O–H groups in total. The number of ether oxygens (including phenoxy) is 1. The molecule has 1 rings (SSSR count). The fourth-order valence-corrected chi connectivity index (χ4v) is 1.12. The lowest BCUT2D eigenvalue weighted by molar-refractivity contribution is -0.383. The third kappa shape index (κ3) is 3.71. The number of esters is 1. The van der Waals surface area contributed by atoms with Crippen LogP contribution in [-0.2, 0) is 14.3 Å². The zero-order valence-electron chi connectivity index (χ0n) is 9.45. The number of nitro benzene ring substituents is 1. The topological polar surface area (TPSA) is 98.5 Å². The number of nitro groups is 1. The Morgan fingerprint density at radius 1 is 1.33 bits per heavy atom. The van der Waals surface area contributed by atoms with Crippen molar-refractivity contribution in [2.24, 2.45) is 0 Å². The third-order valence-electron chi connectivity index (χ3n) is 1.93. The van der Waals surface area contributed by atoms with Crippen molar-refractivity contribution in [3.63, 3.8) is 0 Å². The molecule has 0 bridgehead atoms. The van der Waals surface area contributed by atoms with E-state index in [0.29, 0.717) is 0 Å². The predicted molar refractivity (Wildman–Crippen MR) is 62.9 cm³/mol. The van der Waals surface area contributed by atoms with E-state index < -0.39 is 16.8 Å². The number of amides is 1. The smallest absolute Gasteiger partial charge is 0.330 e. The van der Waals surface area contributed by atoms with E-state index in [1.807, 2.05) is 0 Å². The summed E-state index contributed by atoms with van der Waals surface area (Å²) in [5.74, 6) is -1.34. The second kappa shape index (κ2) is 6.14. The summed E-state index contributed by atoms with van der Waals surface area (Å²) < 4.78 is 4.30. The molecule has 94 valence electrons. The SMILES string of the molecule is COC(=O)C=CC(=O)Nc1ccccc1[N+](=O)[O-]. The highest BCUT2D eigenvalue weighted by molar-refractivity contribution is 6.03. The summed E-state index contributed by atoms with van der Waals surface area (Å²) in [4.78, 5) is 32.2. The van der Waals surface area contributed by atoms with Crippen LogP contribution in [0.1, 0.15) is 0 Å². The quantitative estimate of drug-likeness (QED) is 0.375. The van der Waals surface area contributed by atoms with E-state index in [-0.39, 0.29) is 11.4 Å². The van der Waals surface area contributed by atoms with E-state index in [9.17, 15) is 19.7 Å². The van der Waals surface area contributed by atoms with Crippen LogP contribution in [-0.4, -0.2) is 23.9 Å². The van der Waals surface area contributed by atoms with Crippen LogP contribution in [0.5, 0.6) is 0 Å². The van der Waals surface area contributed by atoms with E-state index in [1.165, 1.54) is 25.3 Å². The Morgan fingerprint density at radius 2 is 2.00 bits per heavy atom. The Bertz CT molecular complexity index is 510. The maximum Gasteiger partial charge on any atom is 0.330 e. The summed E-state index contributed by atoms with van der Waals surface area (Å²) in [5, 5.41) is 13.0. The predicted octanol–water partition coefficient (Wildman–Crippen LogP) is 1.26. The molecule has 0 fully saturated rings. The van der Waals surface area contributed by atoms with Gasteiger partial charge in [0, 0.05) is 18.2 Å². The molecule has 0 saturated heterocycles. The van der Waals surface area contributed by atoms with E-state index in [4.69, 9.17) is 0 Å². The molecule has 0 atom stereocenters. The fraction of sp³-hybridized carbons (Fsp3) is 0.0909. The van der Waals surface area contributed by atoms with Crippen molar-refractivity contribution in [2.45, 2.75) is 0 Å². The van der Waals surface area contributed by atoms with E-state index >= 15 is 0 Å². The highest BCUT2D eigenvalue weighted by Gasteiger charge is 2.13. The number of hydrogen-bond donors (Lipinski definition) is 1. The number of anilines is 1. The molecule has 18 heavy (non-hydrogen) atoms. The Hall–Kier alpha value is -2.70. The normalized spacial score (nSPS) is 10.1. The van der Waals surface area contributed by atoms with Crippen LogP contribution in [0.25, 0.3) is 0 Å². The van der Waals surface area contributed by atoms with Gasteiger partial charge >= 0.3 is 5.97 Å². The lowest BCUT2D eigenvalue weighted by Gasteiger charge is -2.02. The van der Waals surface area contributed by atoms with Crippen LogP contribution in [0.2, 0.25) is 0 Å². The zero-order valence-corrected chi connectivity index (χ0v) is 9.45. The van der Waals surface area contributed by atoms with Gasteiger partial charge in [-0.25, -0.2) is 4.79 Å². The van der Waals surface area contributed by atoms with E-state index in [0.717, 1.165) is 12.2 Å². The minimum atomic E-state index is -0.687. The molecule has 7 nitrogen and oxygen atoms in total. The van der Waals surface area contributed by atoms with Crippen molar-refractivity contribution in [1.29, 1.82) is 0 Å². The van der Waals surface area contributed by atoms with Gasteiger partial charge < -0.3 is 10.1 Å². The summed E-state index contributed by atoms with van der Waals surface area (Å²) in [7, 11) is 1.17. The second-order valence-electron chi connectivity index (χ2n) is 3.12. The molecule has 1 aromatic carbocycles. The first-order chi connectivity index (χ1) is 8.54. The third-order valence-corrected chi connectivity index (χ3v) is 1.93. The van der Waals surface area contributed by atoms with Gasteiger partial charge in [0.1, 0.15) is 5.69 Å². The first kappa shape index (κ1) is 13.4. The van der Waals surface area contributed by atoms with Crippen LogP contribution in [0, 0.1) is 10.1 Å². The van der Waals surface area contributed by atoms with Gasteiger partial charge in [-0.1, -0.05) is 12.1 Å². The maximum atomic E-state index is 11.4. The number of nitrogens with zero attached hydrogens (tertiary/aromatic N) is 1. The summed E-state index contributed by atoms with van der Waals surface area (Å²) in [6.07, 6.45) is 1.85. The number of carbonyl (C=O) groups is 2. The van der Waals surface area contributed by atoms with Crippen molar-refractivity contribution in [2.75, 3.05) is 12.4 Å². The molecule has 0 aromatic heterocycles. The number of rotatable bonds is 4. The molecule has 0 unspecified atom stereocenters. The number of nitrogens with one attached hydrogen (secondary N) is 1. The number of hydrogen-bond acceptors (Lipinski definition) is 5. The van der Waals surface area contributed by atoms with Gasteiger partial charge in [0.05, 0.1) is 12.0 Å². The molecule has 0 aliphatic rings. The number of para-hydroxylation sites is 2. The summed E-state index contributed by atoms with van der Waals surface area (Å²) in [6, 6.07) is 5.69. The van der Waals surface area contributed by atoms with Gasteiger partial charge in [-0.2, -0.15) is 0 Å². The molecule has 1 aromatic rings. The minimum Gasteiger partial charge on any atom is -0.466 e. The molecule has 0 saturated carbocycles. The van der Waals surface area contributed by atoms with Crippen molar-refractivity contribution in [3.05, 3.63) is 46.5 Å². The lowest BCUT2D eigenvalue weighted by Crippen LogP contribution is -2.10. The van der Waals surface area contributed by atoms with Crippen molar-refractivity contribution >= 4 is 23.3 Å². The Labute approximate surface area is 102 Å². The first-order valence-corrected chi connectivity index (χ1v) is 4.85. The van der Waals surface area contributed by atoms with Crippen molar-refractivity contribution in [1.82, 2.24) is 0 Å². The molecule has 7 heteroatoms. The highest BCUT2D eigenvalue weighted by Crippen LogP contribution is 2.22. The minimum absolute atomic E-state index is 0.0574. The summed E-state index contributed by atoms with van der Waals surface area (Å²) in [6.45, 7) is 0. The van der Waals surface area contributed by atoms with Gasteiger partial charge in [0.25, 0.3) is 5.69 Å². The molecular formula is C11H10N2O5. The standard InChI is InChI=1S/C11H10N2O5/c1-18-11(15)7-6-10(14)12-8-4-2-3-5-9(8)13(16)17/h2-7H,1H3,(H,12,14). The highest BCUT2D eigenvalue weighted by atomic mass is 16.6. The van der Waals surface area contributed by atoms with Crippen LogP contribution in [0.15, 0.2) is 36.4 Å². The largest absolute Gasteiger partial charge is 0.466 e. The van der Waals surface area contributed by atoms with Crippen molar-refractivity contribution < 1.29 is 19.2 Å². The first-order valence-electron chi connectivity index (χ1n) is 4.85. The summed E-state index contributed by atoms with van der Waals surface area (Å²) >= 11 is 0. The molecule has 0 aliphatic heterocycles. The van der Waals surface area contributed by atoms with Crippen molar-refractivity contribution in [3.8, 4) is 0 Å². The molecular weight excluding hydrogens is 240 g/mol. The number of methoxy groups -OCH3 is 1. The zero-order chi connectivity index (χ0) is 13.5. The van der Waals surface area contributed by atoms with Gasteiger partial charge in [-0.3, -0.25) is 14.9 Å². The molecule has 0 aliphatic carbocycles. The van der Waals surface area contributed by atoms with Gasteiger partial charge in [-0.05, 0) is 6.07 Å². The van der Waals surface area contributed by atoms with Crippen LogP contribution >= 0.6 is 0 Å². The number of carbonyl (C=O) groups excluding carboxylic acids is 2. The monoisotopic (exact) mass is 250 g/mol. The van der Waals surface area contributed by atoms with Gasteiger partial charge in [0.2, 0.25) is 5.91 Å². The Morgan fingerprint density at radius 3 is 2.61 bits per heavy atom. The van der Waals surface area contributed by atoms with Crippen LogP contribution in [0.3, 0.4) is 0 Å². The molecule has 0 heterocycles. The van der Waals surface area contributed by atoms with Crippen LogP contribution in [0.4, 0.5) is 11.4 Å². The van der Waals surface area contributed by atoms with Gasteiger partial charge in [0.15, 0.2) is 0 Å². The van der Waals surface area contributed by atoms with Crippen LogP contribution < -0.4 is 5.32 Å². The molecule has 1 amide bonds. The van der Waals surface area contributed by atoms with E-state index in [2.05, 4.69) is 10.1 Å². The Balaban J connectivity index is 2.79. The second-order valence-corrected chi connectivity index (χ2v) is 3.12. The average molecular weight is 250 g/mol. The maximum absolute atomic E-state index is 11.4. The van der Waals surface area contributed by atoms with E-state index in [1.54, 1.807) is 6.07 Å². The van der Waals surface area contributed by atoms with Gasteiger partial charge in [-0.15, -0.1) is 0 Å². The molecule has 0 radical (unpaired) electrons.